The lowest BCUT2D eigenvalue weighted by Crippen LogP contribution is -2.39. The molecule has 0 amide bonds. The van der Waals surface area contributed by atoms with Crippen molar-refractivity contribution in [2.45, 2.75) is 38.5 Å². The summed E-state index contributed by atoms with van der Waals surface area (Å²) >= 11 is 0. The fourth-order valence-electron chi connectivity index (χ4n) is 2.90. The van der Waals surface area contributed by atoms with Gasteiger partial charge < -0.3 is 5.11 Å². The van der Waals surface area contributed by atoms with Gasteiger partial charge in [0, 0.05) is 25.4 Å². The van der Waals surface area contributed by atoms with E-state index < -0.39 is 39.0 Å². The molecule has 0 aromatic heterocycles. The number of alkyl halides is 2. The maximum atomic E-state index is 13.5. The van der Waals surface area contributed by atoms with Crippen LogP contribution in [0.15, 0.2) is 0 Å². The van der Waals surface area contributed by atoms with Crippen LogP contribution in [0.4, 0.5) is 8.78 Å². The molecule has 1 N–H and O–H groups in total. The minimum atomic E-state index is -3.83. The highest BCUT2D eigenvalue weighted by Crippen LogP contribution is 2.42. The summed E-state index contributed by atoms with van der Waals surface area (Å²) < 4.78 is 52.5. The predicted molar refractivity (Wildman–Crippen MR) is 68.0 cm³/mol. The van der Waals surface area contributed by atoms with E-state index in [2.05, 4.69) is 0 Å². The van der Waals surface area contributed by atoms with Crippen LogP contribution in [0.1, 0.15) is 32.6 Å². The van der Waals surface area contributed by atoms with Crippen molar-refractivity contribution >= 4 is 16.0 Å². The summed E-state index contributed by atoms with van der Waals surface area (Å²) in [5, 5.41) is 9.08. The molecule has 0 radical (unpaired) electrons. The number of hydrogen-bond donors (Lipinski definition) is 1. The van der Waals surface area contributed by atoms with Gasteiger partial charge in [0.1, 0.15) is 0 Å². The second kappa shape index (κ2) is 4.91. The lowest BCUT2D eigenvalue weighted by Gasteiger charge is -2.24. The Labute approximate surface area is 117 Å². The van der Waals surface area contributed by atoms with E-state index in [1.807, 2.05) is 0 Å². The Morgan fingerprint density at radius 3 is 2.50 bits per heavy atom. The first-order valence-corrected chi connectivity index (χ1v) is 8.27. The highest BCUT2D eigenvalue weighted by Gasteiger charge is 2.49. The molecule has 1 aliphatic carbocycles. The Kier molecular flexibility index (Phi) is 3.83. The molecule has 8 heteroatoms. The third kappa shape index (κ3) is 2.81. The van der Waals surface area contributed by atoms with Crippen LogP contribution in [-0.2, 0) is 14.8 Å². The first-order valence-electron chi connectivity index (χ1n) is 6.66. The second-order valence-electron chi connectivity index (χ2n) is 6.08. The third-order valence-electron chi connectivity index (χ3n) is 4.42. The highest BCUT2D eigenvalue weighted by atomic mass is 32.2. The third-order valence-corrected chi connectivity index (χ3v) is 6.34. The number of rotatable bonds is 4. The summed E-state index contributed by atoms with van der Waals surface area (Å²) in [5.41, 5.74) is -1.12. The molecule has 0 bridgehead atoms. The first-order chi connectivity index (χ1) is 9.07. The lowest BCUT2D eigenvalue weighted by molar-refractivity contribution is -0.146. The Balaban J connectivity index is 2.07. The van der Waals surface area contributed by atoms with Gasteiger partial charge in [-0.2, -0.15) is 0 Å². The minimum Gasteiger partial charge on any atom is -0.481 e. The topological polar surface area (TPSA) is 74.7 Å². The van der Waals surface area contributed by atoms with Gasteiger partial charge in [-0.1, -0.05) is 0 Å². The van der Waals surface area contributed by atoms with Crippen LogP contribution in [0, 0.1) is 11.3 Å². The number of carboxylic acid groups (broad SMARTS) is 1. The Morgan fingerprint density at radius 2 is 2.05 bits per heavy atom. The molecule has 2 unspecified atom stereocenters. The van der Waals surface area contributed by atoms with E-state index in [1.165, 1.54) is 6.92 Å². The number of hydrogen-bond acceptors (Lipinski definition) is 3. The van der Waals surface area contributed by atoms with Gasteiger partial charge in [-0.15, -0.1) is 0 Å². The number of carboxylic acids is 1. The molecule has 20 heavy (non-hydrogen) atoms. The van der Waals surface area contributed by atoms with E-state index >= 15 is 0 Å². The predicted octanol–water partition coefficient (Wildman–Crippen LogP) is 1.55. The van der Waals surface area contributed by atoms with Gasteiger partial charge in [0.2, 0.25) is 10.0 Å². The van der Waals surface area contributed by atoms with E-state index in [9.17, 15) is 22.0 Å². The van der Waals surface area contributed by atoms with Gasteiger partial charge in [-0.3, -0.25) is 4.79 Å². The van der Waals surface area contributed by atoms with E-state index in [-0.39, 0.29) is 32.4 Å². The second-order valence-corrected chi connectivity index (χ2v) is 8.09. The van der Waals surface area contributed by atoms with Crippen molar-refractivity contribution in [3.8, 4) is 0 Å². The summed E-state index contributed by atoms with van der Waals surface area (Å²) in [4.78, 5) is 11.1. The van der Waals surface area contributed by atoms with Crippen molar-refractivity contribution in [2.24, 2.45) is 11.3 Å². The van der Waals surface area contributed by atoms with E-state index in [1.54, 1.807) is 0 Å². The Bertz CT molecular complexity index is 508. The van der Waals surface area contributed by atoms with Crippen molar-refractivity contribution in [1.29, 1.82) is 0 Å². The standard InChI is InChI=1S/C12H19F2NO4S/c1-11(10(16)17)5-6-15(8-11)20(18,19)7-9-3-2-4-12(9,13)14/h9H,2-8H2,1H3,(H,16,17). The molecule has 1 saturated heterocycles. The maximum absolute atomic E-state index is 13.5. The van der Waals surface area contributed by atoms with Crippen molar-refractivity contribution in [3.63, 3.8) is 0 Å². The monoisotopic (exact) mass is 311 g/mol. The average molecular weight is 311 g/mol. The van der Waals surface area contributed by atoms with E-state index in [0.717, 1.165) is 4.31 Å². The zero-order chi connectivity index (χ0) is 15.2. The molecule has 2 fully saturated rings. The van der Waals surface area contributed by atoms with Crippen LogP contribution in [0.25, 0.3) is 0 Å². The quantitative estimate of drug-likeness (QED) is 0.855. The number of carbonyl (C=O) groups is 1. The smallest absolute Gasteiger partial charge is 0.310 e. The van der Waals surface area contributed by atoms with Gasteiger partial charge in [0.05, 0.1) is 11.2 Å². The molecule has 2 atom stereocenters. The van der Waals surface area contributed by atoms with Crippen molar-refractivity contribution < 1.29 is 27.1 Å². The summed E-state index contributed by atoms with van der Waals surface area (Å²) in [5.74, 6) is -5.72. The fourth-order valence-corrected chi connectivity index (χ4v) is 4.88. The molecule has 116 valence electrons. The Morgan fingerprint density at radius 1 is 1.40 bits per heavy atom. The number of halogens is 2. The van der Waals surface area contributed by atoms with Crippen LogP contribution in [0.5, 0.6) is 0 Å². The van der Waals surface area contributed by atoms with E-state index in [4.69, 9.17) is 5.11 Å². The van der Waals surface area contributed by atoms with Crippen LogP contribution in [-0.4, -0.2) is 48.6 Å². The first kappa shape index (κ1) is 15.6. The summed E-state index contributed by atoms with van der Waals surface area (Å²) in [6.07, 6.45) is 0.485. The summed E-state index contributed by atoms with van der Waals surface area (Å²) in [6, 6.07) is 0. The van der Waals surface area contributed by atoms with Gasteiger partial charge in [0.25, 0.3) is 5.92 Å². The fraction of sp³-hybridized carbons (Fsp3) is 0.917. The summed E-state index contributed by atoms with van der Waals surface area (Å²) in [7, 11) is -3.83. The number of nitrogens with zero attached hydrogens (tertiary/aromatic N) is 1. The summed E-state index contributed by atoms with van der Waals surface area (Å²) in [6.45, 7) is 1.43. The van der Waals surface area contributed by atoms with E-state index in [0.29, 0.717) is 6.42 Å². The molecule has 1 aliphatic heterocycles. The van der Waals surface area contributed by atoms with Crippen molar-refractivity contribution in [2.75, 3.05) is 18.8 Å². The van der Waals surface area contributed by atoms with Crippen molar-refractivity contribution in [1.82, 2.24) is 4.31 Å². The zero-order valence-corrected chi connectivity index (χ0v) is 12.1. The lowest BCUT2D eigenvalue weighted by atomic mass is 9.90. The van der Waals surface area contributed by atoms with Crippen molar-refractivity contribution in [3.05, 3.63) is 0 Å². The average Bonchev–Trinajstić information content (AvgIpc) is 2.85. The minimum absolute atomic E-state index is 0.0867. The molecule has 2 aliphatic rings. The number of sulfonamides is 1. The molecule has 2 rings (SSSR count). The molecule has 1 saturated carbocycles. The zero-order valence-electron chi connectivity index (χ0n) is 11.3. The molecular weight excluding hydrogens is 292 g/mol. The SMILES string of the molecule is CC1(C(=O)O)CCN(S(=O)(=O)CC2CCCC2(F)F)C1. The highest BCUT2D eigenvalue weighted by molar-refractivity contribution is 7.89. The van der Waals surface area contributed by atoms with Crippen LogP contribution >= 0.6 is 0 Å². The van der Waals surface area contributed by atoms with Crippen LogP contribution in [0.2, 0.25) is 0 Å². The molecule has 0 aromatic carbocycles. The van der Waals surface area contributed by atoms with Crippen LogP contribution < -0.4 is 0 Å². The van der Waals surface area contributed by atoms with Gasteiger partial charge in [0.15, 0.2) is 0 Å². The molecule has 0 aromatic rings. The molecule has 5 nitrogen and oxygen atoms in total. The molecule has 0 spiro atoms. The Hall–Kier alpha value is -0.760. The van der Waals surface area contributed by atoms with Crippen LogP contribution in [0.3, 0.4) is 0 Å². The van der Waals surface area contributed by atoms with Gasteiger partial charge in [-0.25, -0.2) is 21.5 Å². The number of aliphatic carboxylic acids is 1. The normalized spacial score (nSPS) is 34.5. The maximum Gasteiger partial charge on any atom is 0.310 e. The van der Waals surface area contributed by atoms with Gasteiger partial charge in [-0.05, 0) is 26.2 Å². The largest absolute Gasteiger partial charge is 0.481 e. The molecular formula is C12H19F2NO4S. The van der Waals surface area contributed by atoms with Gasteiger partial charge >= 0.3 is 5.97 Å². The molecule has 1 heterocycles.